The molecule has 4 aromatic rings. The summed E-state index contributed by atoms with van der Waals surface area (Å²) in [6.45, 7) is 2.09. The number of fused-ring (bicyclic) bond motifs is 2. The predicted molar refractivity (Wildman–Crippen MR) is 84.9 cm³/mol. The topological polar surface area (TPSA) is 96.5 Å². The highest BCUT2D eigenvalue weighted by molar-refractivity contribution is 6.10. The first-order chi connectivity index (χ1) is 11.3. The van der Waals surface area contributed by atoms with Crippen molar-refractivity contribution in [1.82, 2.24) is 25.1 Å². The molecule has 7 heteroatoms. The van der Waals surface area contributed by atoms with E-state index in [0.29, 0.717) is 28.9 Å². The summed E-state index contributed by atoms with van der Waals surface area (Å²) in [5.74, 6) is -0.394. The molecule has 3 heterocycles. The molecule has 0 atom stereocenters. The number of H-pyrrole nitrogens is 2. The maximum absolute atomic E-state index is 12.2. The van der Waals surface area contributed by atoms with Gasteiger partial charge in [0.1, 0.15) is 12.0 Å². The van der Waals surface area contributed by atoms with Crippen molar-refractivity contribution in [2.24, 2.45) is 0 Å². The highest BCUT2D eigenvalue weighted by Crippen LogP contribution is 2.32. The lowest BCUT2D eigenvalue weighted by Crippen LogP contribution is -2.04. The molecule has 0 aliphatic rings. The minimum absolute atomic E-state index is 0.311. The lowest BCUT2D eigenvalue weighted by molar-refractivity contribution is 0.0528. The number of hydrogen-bond acceptors (Lipinski definition) is 5. The molecule has 0 radical (unpaired) electrons. The Morgan fingerprint density at radius 1 is 1.30 bits per heavy atom. The third kappa shape index (κ3) is 2.05. The van der Waals surface area contributed by atoms with Gasteiger partial charge in [-0.1, -0.05) is 12.1 Å². The second kappa shape index (κ2) is 5.20. The van der Waals surface area contributed by atoms with E-state index in [1.165, 1.54) is 6.33 Å². The second-order valence-electron chi connectivity index (χ2n) is 5.01. The highest BCUT2D eigenvalue weighted by atomic mass is 16.5. The van der Waals surface area contributed by atoms with Gasteiger partial charge in [-0.05, 0) is 13.0 Å². The molecule has 0 amide bonds. The minimum Gasteiger partial charge on any atom is -0.462 e. The Balaban J connectivity index is 2.02. The van der Waals surface area contributed by atoms with E-state index >= 15 is 0 Å². The molecular formula is C16H13N5O2. The van der Waals surface area contributed by atoms with Crippen LogP contribution < -0.4 is 0 Å². The molecule has 0 spiro atoms. The number of aromatic nitrogens is 5. The van der Waals surface area contributed by atoms with Crippen molar-refractivity contribution in [2.45, 2.75) is 6.92 Å². The monoisotopic (exact) mass is 307 g/mol. The number of carbonyl (C=O) groups is 1. The lowest BCUT2D eigenvalue weighted by Gasteiger charge is -2.06. The molecule has 3 aromatic heterocycles. The van der Waals surface area contributed by atoms with Gasteiger partial charge in [0.05, 0.1) is 35.0 Å². The highest BCUT2D eigenvalue weighted by Gasteiger charge is 2.20. The van der Waals surface area contributed by atoms with Crippen LogP contribution in [0, 0.1) is 0 Å². The Labute approximate surface area is 130 Å². The molecule has 0 fully saturated rings. The fourth-order valence-electron chi connectivity index (χ4n) is 2.71. The molecule has 0 bridgehead atoms. The molecule has 0 saturated heterocycles. The van der Waals surface area contributed by atoms with Gasteiger partial charge < -0.3 is 9.72 Å². The van der Waals surface area contributed by atoms with E-state index in [4.69, 9.17) is 4.74 Å². The van der Waals surface area contributed by atoms with Crippen molar-refractivity contribution in [3.63, 3.8) is 0 Å². The van der Waals surface area contributed by atoms with Crippen molar-refractivity contribution in [3.8, 4) is 11.3 Å². The summed E-state index contributed by atoms with van der Waals surface area (Å²) in [5.41, 5.74) is 3.49. The Morgan fingerprint density at radius 2 is 2.22 bits per heavy atom. The summed E-state index contributed by atoms with van der Waals surface area (Å²) in [6, 6.07) is 5.80. The van der Waals surface area contributed by atoms with Gasteiger partial charge in [-0.25, -0.2) is 14.8 Å². The van der Waals surface area contributed by atoms with Crippen LogP contribution in [0.4, 0.5) is 0 Å². The number of nitrogens with one attached hydrogen (secondary N) is 2. The van der Waals surface area contributed by atoms with E-state index < -0.39 is 5.97 Å². The number of carbonyl (C=O) groups excluding carboxylic acids is 1. The summed E-state index contributed by atoms with van der Waals surface area (Å²) in [4.78, 5) is 23.8. The van der Waals surface area contributed by atoms with Crippen LogP contribution in [0.1, 0.15) is 17.3 Å². The number of benzene rings is 1. The van der Waals surface area contributed by atoms with Gasteiger partial charge in [0.15, 0.2) is 0 Å². The molecule has 7 nitrogen and oxygen atoms in total. The molecule has 114 valence electrons. The molecule has 1 aromatic carbocycles. The summed E-state index contributed by atoms with van der Waals surface area (Å²) < 4.78 is 5.12. The molecule has 0 saturated carbocycles. The molecule has 0 aliphatic carbocycles. The number of aromatic amines is 2. The van der Waals surface area contributed by atoms with Crippen molar-refractivity contribution in [2.75, 3.05) is 6.61 Å². The van der Waals surface area contributed by atoms with Crippen LogP contribution >= 0.6 is 0 Å². The summed E-state index contributed by atoms with van der Waals surface area (Å²) >= 11 is 0. The van der Waals surface area contributed by atoms with Gasteiger partial charge in [-0.15, -0.1) is 0 Å². The summed E-state index contributed by atoms with van der Waals surface area (Å²) in [5, 5.41) is 8.60. The number of esters is 1. The zero-order valence-electron chi connectivity index (χ0n) is 12.3. The van der Waals surface area contributed by atoms with E-state index in [-0.39, 0.29) is 0 Å². The predicted octanol–water partition coefficient (Wildman–Crippen LogP) is 2.68. The van der Waals surface area contributed by atoms with Gasteiger partial charge in [0, 0.05) is 17.1 Å². The van der Waals surface area contributed by atoms with E-state index in [2.05, 4.69) is 25.1 Å². The largest absolute Gasteiger partial charge is 0.462 e. The van der Waals surface area contributed by atoms with Crippen molar-refractivity contribution >= 4 is 27.9 Å². The average molecular weight is 307 g/mol. The van der Waals surface area contributed by atoms with Crippen LogP contribution in [0.25, 0.3) is 33.2 Å². The van der Waals surface area contributed by atoms with Gasteiger partial charge in [-0.2, -0.15) is 5.10 Å². The minimum atomic E-state index is -0.394. The van der Waals surface area contributed by atoms with Gasteiger partial charge in [0.25, 0.3) is 0 Å². The van der Waals surface area contributed by atoms with E-state index in [0.717, 1.165) is 16.5 Å². The van der Waals surface area contributed by atoms with Crippen LogP contribution in [-0.2, 0) is 4.74 Å². The maximum atomic E-state index is 12.2. The second-order valence-corrected chi connectivity index (χ2v) is 5.01. The fraction of sp³-hybridized carbons (Fsp3) is 0.125. The molecule has 0 unspecified atom stereocenters. The Morgan fingerprint density at radius 3 is 3.09 bits per heavy atom. The standard InChI is InChI=1S/C16H13N5O2/c1-2-23-16(22)11-6-17-15-13(11)14(18-8-19-15)9-4-3-5-12-10(9)7-20-21-12/h3-8H,2H2,1H3,(H,20,21)(H,17,18,19). The van der Waals surface area contributed by atoms with Crippen molar-refractivity contribution in [3.05, 3.63) is 42.5 Å². The summed E-state index contributed by atoms with van der Waals surface area (Å²) in [7, 11) is 0. The number of rotatable bonds is 3. The Bertz CT molecular complexity index is 1020. The van der Waals surface area contributed by atoms with Gasteiger partial charge >= 0.3 is 5.97 Å². The normalized spacial score (nSPS) is 11.2. The molecule has 4 rings (SSSR count). The first-order valence-corrected chi connectivity index (χ1v) is 7.21. The van der Waals surface area contributed by atoms with Gasteiger partial charge in [0.2, 0.25) is 0 Å². The first-order valence-electron chi connectivity index (χ1n) is 7.21. The van der Waals surface area contributed by atoms with Crippen LogP contribution in [0.2, 0.25) is 0 Å². The fourth-order valence-corrected chi connectivity index (χ4v) is 2.71. The number of hydrogen-bond donors (Lipinski definition) is 2. The van der Waals surface area contributed by atoms with Crippen LogP contribution in [0.3, 0.4) is 0 Å². The van der Waals surface area contributed by atoms with E-state index in [9.17, 15) is 4.79 Å². The number of ether oxygens (including phenoxy) is 1. The maximum Gasteiger partial charge on any atom is 0.340 e. The van der Waals surface area contributed by atoms with Crippen LogP contribution in [0.5, 0.6) is 0 Å². The van der Waals surface area contributed by atoms with Crippen molar-refractivity contribution in [1.29, 1.82) is 0 Å². The SMILES string of the molecule is CCOC(=O)c1c[nH]c2ncnc(-c3cccc4[nH]ncc34)c12. The lowest BCUT2D eigenvalue weighted by atomic mass is 10.0. The number of nitrogens with zero attached hydrogens (tertiary/aromatic N) is 3. The molecule has 0 aliphatic heterocycles. The van der Waals surface area contributed by atoms with E-state index in [1.54, 1.807) is 19.3 Å². The molecular weight excluding hydrogens is 294 g/mol. The third-order valence-electron chi connectivity index (χ3n) is 3.71. The smallest absolute Gasteiger partial charge is 0.340 e. The van der Waals surface area contributed by atoms with Crippen LogP contribution in [0.15, 0.2) is 36.9 Å². The summed E-state index contributed by atoms with van der Waals surface area (Å²) in [6.07, 6.45) is 4.83. The molecule has 2 N–H and O–H groups in total. The zero-order chi connectivity index (χ0) is 15.8. The Hall–Kier alpha value is -3.22. The Kier molecular flexibility index (Phi) is 3.04. The molecule has 23 heavy (non-hydrogen) atoms. The first kappa shape index (κ1) is 13.4. The van der Waals surface area contributed by atoms with Gasteiger partial charge in [-0.3, -0.25) is 5.10 Å². The third-order valence-corrected chi connectivity index (χ3v) is 3.71. The van der Waals surface area contributed by atoms with Crippen molar-refractivity contribution < 1.29 is 9.53 Å². The zero-order valence-corrected chi connectivity index (χ0v) is 12.3. The average Bonchev–Trinajstić information content (AvgIpc) is 3.21. The van der Waals surface area contributed by atoms with Crippen LogP contribution in [-0.4, -0.2) is 37.7 Å². The quantitative estimate of drug-likeness (QED) is 0.567. The van der Waals surface area contributed by atoms with E-state index in [1.807, 2.05) is 18.2 Å².